The highest BCUT2D eigenvalue weighted by molar-refractivity contribution is 7.89. The Labute approximate surface area is 185 Å². The molecule has 31 heavy (non-hydrogen) atoms. The van der Waals surface area contributed by atoms with Crippen LogP contribution in [0.2, 0.25) is 0 Å². The summed E-state index contributed by atoms with van der Waals surface area (Å²) in [7, 11) is -3.57. The quantitative estimate of drug-likeness (QED) is 0.469. The summed E-state index contributed by atoms with van der Waals surface area (Å²) < 4.78 is 32.9. The molecule has 2 aliphatic rings. The molecule has 2 saturated heterocycles. The minimum Gasteiger partial charge on any atom is -0.379 e. The van der Waals surface area contributed by atoms with E-state index in [1.165, 1.54) is 10.5 Å². The Morgan fingerprint density at radius 2 is 1.77 bits per heavy atom. The Morgan fingerprint density at radius 1 is 1.10 bits per heavy atom. The Hall–Kier alpha value is -2.09. The molecule has 0 radical (unpaired) electrons. The SMILES string of the molecule is O=C(NO)c1cnc(N2CCN(S(=O)(=O)c3ccc(CN4CCOCC4)cc3)CC2)s1. The zero-order valence-corrected chi connectivity index (χ0v) is 18.6. The van der Waals surface area contributed by atoms with Crippen LogP contribution < -0.4 is 10.4 Å². The first kappa shape index (κ1) is 22.1. The van der Waals surface area contributed by atoms with Gasteiger partial charge in [-0.25, -0.2) is 18.9 Å². The van der Waals surface area contributed by atoms with Crippen molar-refractivity contribution in [3.8, 4) is 0 Å². The fourth-order valence-corrected chi connectivity index (χ4v) is 5.90. The van der Waals surface area contributed by atoms with Gasteiger partial charge in [-0.1, -0.05) is 23.5 Å². The van der Waals surface area contributed by atoms with Crippen molar-refractivity contribution in [1.82, 2.24) is 19.7 Å². The van der Waals surface area contributed by atoms with Gasteiger partial charge in [0.25, 0.3) is 5.91 Å². The van der Waals surface area contributed by atoms with Crippen molar-refractivity contribution in [2.24, 2.45) is 0 Å². The smallest absolute Gasteiger partial charge is 0.286 e. The average molecular weight is 468 g/mol. The first-order valence-corrected chi connectivity index (χ1v) is 12.3. The number of thiazole rings is 1. The first-order chi connectivity index (χ1) is 15.0. The summed E-state index contributed by atoms with van der Waals surface area (Å²) in [6.07, 6.45) is 1.40. The molecule has 0 bridgehead atoms. The van der Waals surface area contributed by atoms with E-state index in [9.17, 15) is 13.2 Å². The number of benzene rings is 1. The van der Waals surface area contributed by atoms with Gasteiger partial charge >= 0.3 is 0 Å². The molecule has 1 aromatic carbocycles. The van der Waals surface area contributed by atoms with E-state index in [0.717, 1.165) is 49.7 Å². The summed E-state index contributed by atoms with van der Waals surface area (Å²) in [4.78, 5) is 20.5. The van der Waals surface area contributed by atoms with Crippen molar-refractivity contribution < 1.29 is 23.2 Å². The molecule has 2 aliphatic heterocycles. The van der Waals surface area contributed by atoms with Crippen LogP contribution in [0.3, 0.4) is 0 Å². The summed E-state index contributed by atoms with van der Waals surface area (Å²) in [5.74, 6) is -0.609. The highest BCUT2D eigenvalue weighted by Crippen LogP contribution is 2.25. The Bertz CT molecular complexity index is 997. The molecule has 168 valence electrons. The second-order valence-electron chi connectivity index (χ2n) is 7.37. The number of carbonyl (C=O) groups excluding carboxylic acids is 1. The monoisotopic (exact) mass is 467 g/mol. The van der Waals surface area contributed by atoms with Crippen LogP contribution in [0.4, 0.5) is 5.13 Å². The normalized spacial score (nSPS) is 18.8. The molecule has 2 N–H and O–H groups in total. The number of carbonyl (C=O) groups is 1. The third-order valence-corrected chi connectivity index (χ3v) is 8.37. The van der Waals surface area contributed by atoms with Crippen LogP contribution in [0.25, 0.3) is 0 Å². The summed E-state index contributed by atoms with van der Waals surface area (Å²) in [5, 5.41) is 9.35. The van der Waals surface area contributed by atoms with E-state index in [4.69, 9.17) is 9.94 Å². The zero-order valence-electron chi connectivity index (χ0n) is 16.9. The molecule has 0 aliphatic carbocycles. The number of sulfonamides is 1. The maximum Gasteiger partial charge on any atom is 0.286 e. The molecular formula is C19H25N5O5S2. The Morgan fingerprint density at radius 3 is 2.42 bits per heavy atom. The van der Waals surface area contributed by atoms with Crippen LogP contribution in [-0.2, 0) is 21.3 Å². The fraction of sp³-hybridized carbons (Fsp3) is 0.474. The van der Waals surface area contributed by atoms with Crippen LogP contribution in [0.5, 0.6) is 0 Å². The maximum atomic E-state index is 13.1. The van der Waals surface area contributed by atoms with E-state index in [1.807, 2.05) is 17.0 Å². The number of amides is 1. The van der Waals surface area contributed by atoms with E-state index in [0.29, 0.717) is 41.1 Å². The van der Waals surface area contributed by atoms with Crippen LogP contribution in [-0.4, -0.2) is 86.2 Å². The molecule has 1 aromatic heterocycles. The van der Waals surface area contributed by atoms with Crippen molar-refractivity contribution in [1.29, 1.82) is 0 Å². The number of hydroxylamine groups is 1. The zero-order chi connectivity index (χ0) is 21.8. The number of nitrogens with one attached hydrogen (secondary N) is 1. The molecule has 0 saturated carbocycles. The lowest BCUT2D eigenvalue weighted by molar-refractivity contribution is 0.0342. The van der Waals surface area contributed by atoms with Crippen LogP contribution >= 0.6 is 11.3 Å². The molecule has 2 fully saturated rings. The third kappa shape index (κ3) is 5.05. The summed E-state index contributed by atoms with van der Waals surface area (Å²) in [6, 6.07) is 7.11. The van der Waals surface area contributed by atoms with Gasteiger partial charge in [0.05, 0.1) is 24.3 Å². The summed E-state index contributed by atoms with van der Waals surface area (Å²) >= 11 is 1.16. The number of rotatable bonds is 6. The number of nitrogens with zero attached hydrogens (tertiary/aromatic N) is 4. The molecule has 0 spiro atoms. The van der Waals surface area contributed by atoms with Gasteiger partial charge in [-0.3, -0.25) is 14.9 Å². The van der Waals surface area contributed by atoms with Gasteiger partial charge in [0, 0.05) is 45.8 Å². The van der Waals surface area contributed by atoms with Gasteiger partial charge in [-0.05, 0) is 17.7 Å². The molecule has 1 amide bonds. The lowest BCUT2D eigenvalue weighted by atomic mass is 10.2. The van der Waals surface area contributed by atoms with E-state index in [-0.39, 0.29) is 0 Å². The average Bonchev–Trinajstić information content (AvgIpc) is 3.30. The number of piperazine rings is 1. The standard InChI is InChI=1S/C19H25N5O5S2/c25-18(21-26)17-13-20-19(30-17)23-5-7-24(8-6-23)31(27,28)16-3-1-15(2-4-16)14-22-9-11-29-12-10-22/h1-4,13,26H,5-12,14H2,(H,21,25). The van der Waals surface area contributed by atoms with Gasteiger partial charge in [0.15, 0.2) is 5.13 Å². The molecule has 2 aromatic rings. The van der Waals surface area contributed by atoms with Gasteiger partial charge < -0.3 is 9.64 Å². The van der Waals surface area contributed by atoms with E-state index >= 15 is 0 Å². The number of hydrogen-bond donors (Lipinski definition) is 2. The second-order valence-corrected chi connectivity index (χ2v) is 10.3. The molecule has 3 heterocycles. The number of morpholine rings is 1. The van der Waals surface area contributed by atoms with E-state index < -0.39 is 15.9 Å². The highest BCUT2D eigenvalue weighted by atomic mass is 32.2. The van der Waals surface area contributed by atoms with Crippen molar-refractivity contribution in [3.63, 3.8) is 0 Å². The molecule has 12 heteroatoms. The lowest BCUT2D eigenvalue weighted by Gasteiger charge is -2.33. The third-order valence-electron chi connectivity index (χ3n) is 5.40. The number of anilines is 1. The second kappa shape index (κ2) is 9.59. The highest BCUT2D eigenvalue weighted by Gasteiger charge is 2.29. The molecule has 10 nitrogen and oxygen atoms in total. The predicted octanol–water partition coefficient (Wildman–Crippen LogP) is 0.605. The van der Waals surface area contributed by atoms with Crippen molar-refractivity contribution in [3.05, 3.63) is 40.9 Å². The number of ether oxygens (including phenoxy) is 1. The maximum absolute atomic E-state index is 13.1. The van der Waals surface area contributed by atoms with Crippen molar-refractivity contribution in [2.45, 2.75) is 11.4 Å². The molecule has 0 atom stereocenters. The lowest BCUT2D eigenvalue weighted by Crippen LogP contribution is -2.48. The summed E-state index contributed by atoms with van der Waals surface area (Å²) in [5.41, 5.74) is 2.67. The predicted molar refractivity (Wildman–Crippen MR) is 115 cm³/mol. The number of aromatic nitrogens is 1. The first-order valence-electron chi connectivity index (χ1n) is 10.0. The van der Waals surface area contributed by atoms with Crippen LogP contribution in [0.1, 0.15) is 15.2 Å². The van der Waals surface area contributed by atoms with Gasteiger partial charge in [-0.15, -0.1) is 0 Å². The van der Waals surface area contributed by atoms with Gasteiger partial charge in [0.1, 0.15) is 4.88 Å². The minimum absolute atomic E-state index is 0.294. The van der Waals surface area contributed by atoms with Gasteiger partial charge in [0.2, 0.25) is 10.0 Å². The largest absolute Gasteiger partial charge is 0.379 e. The Balaban J connectivity index is 1.36. The Kier molecular flexibility index (Phi) is 6.84. The van der Waals surface area contributed by atoms with Crippen LogP contribution in [0.15, 0.2) is 35.4 Å². The van der Waals surface area contributed by atoms with E-state index in [1.54, 1.807) is 17.6 Å². The summed E-state index contributed by atoms with van der Waals surface area (Å²) in [6.45, 7) is 5.63. The molecule has 4 rings (SSSR count). The molecular weight excluding hydrogens is 442 g/mol. The fourth-order valence-electron chi connectivity index (χ4n) is 3.62. The van der Waals surface area contributed by atoms with Crippen molar-refractivity contribution >= 4 is 32.4 Å². The van der Waals surface area contributed by atoms with E-state index in [2.05, 4.69) is 9.88 Å². The minimum atomic E-state index is -3.57. The number of hydrogen-bond acceptors (Lipinski definition) is 9. The van der Waals surface area contributed by atoms with Crippen molar-refractivity contribution in [2.75, 3.05) is 57.4 Å². The van der Waals surface area contributed by atoms with Crippen LogP contribution in [0, 0.1) is 0 Å². The molecule has 0 unspecified atom stereocenters. The topological polar surface area (TPSA) is 115 Å². The van der Waals surface area contributed by atoms with Gasteiger partial charge in [-0.2, -0.15) is 4.31 Å².